The van der Waals surface area contributed by atoms with Gasteiger partial charge in [-0.2, -0.15) is 0 Å². The van der Waals surface area contributed by atoms with Gasteiger partial charge in [0.25, 0.3) is 0 Å². The molecule has 0 aromatic carbocycles. The summed E-state index contributed by atoms with van der Waals surface area (Å²) in [5.41, 5.74) is 0.465. The van der Waals surface area contributed by atoms with Crippen LogP contribution in [0, 0.1) is 3.70 Å². The third-order valence-corrected chi connectivity index (χ3v) is 2.53. The maximum absolute atomic E-state index is 11.2. The van der Waals surface area contributed by atoms with Crippen LogP contribution in [0.1, 0.15) is 0 Å². The van der Waals surface area contributed by atoms with E-state index >= 15 is 0 Å². The fourth-order valence-corrected chi connectivity index (χ4v) is 1.84. The summed E-state index contributed by atoms with van der Waals surface area (Å²) in [4.78, 5) is 17.9. The molecule has 0 unspecified atom stereocenters. The molecule has 0 saturated carbocycles. The lowest BCUT2D eigenvalue weighted by atomic mass is 10.6. The van der Waals surface area contributed by atoms with Crippen molar-refractivity contribution in [2.24, 2.45) is 0 Å². The fourth-order valence-electron chi connectivity index (χ4n) is 0.934. The molecule has 0 aliphatic rings. The zero-order chi connectivity index (χ0) is 8.72. The van der Waals surface area contributed by atoms with Gasteiger partial charge in [0, 0.05) is 12.4 Å². The van der Waals surface area contributed by atoms with E-state index in [0.29, 0.717) is 5.65 Å². The largest absolute Gasteiger partial charge is 0.331 e. The number of fused-ring (bicyclic) bond motifs is 1. The van der Waals surface area contributed by atoms with Crippen molar-refractivity contribution in [1.29, 1.82) is 0 Å². The summed E-state index contributed by atoms with van der Waals surface area (Å²) in [7, 11) is 0. The maximum atomic E-state index is 11.2. The van der Waals surface area contributed by atoms with Crippen LogP contribution in [0.15, 0.2) is 21.7 Å². The molecule has 1 N–H and O–H groups in total. The molecule has 0 bridgehead atoms. The summed E-state index contributed by atoms with van der Waals surface area (Å²) < 4.78 is 3.04. The number of nitrogens with zero attached hydrogens (tertiary/aromatic N) is 2. The average Bonchev–Trinajstić information content (AvgIpc) is 2.41. The predicted molar refractivity (Wildman–Crippen MR) is 56.2 cm³/mol. The van der Waals surface area contributed by atoms with E-state index in [9.17, 15) is 4.79 Å². The molecule has 4 nitrogen and oxygen atoms in total. The monoisotopic (exact) mass is 339 g/mol. The smallest absolute Gasteiger partial charge is 0.313 e. The Kier molecular flexibility index (Phi) is 1.95. The van der Waals surface area contributed by atoms with Gasteiger partial charge in [-0.3, -0.25) is 0 Å². The number of halogens is 2. The van der Waals surface area contributed by atoms with Gasteiger partial charge < -0.3 is 4.98 Å². The van der Waals surface area contributed by atoms with Gasteiger partial charge in [-0.05, 0) is 38.5 Å². The molecule has 0 spiro atoms. The Hall–Kier alpha value is -0.370. The number of aromatic amines is 1. The van der Waals surface area contributed by atoms with Crippen LogP contribution >= 0.6 is 38.5 Å². The van der Waals surface area contributed by atoms with Gasteiger partial charge in [0.05, 0.1) is 4.47 Å². The van der Waals surface area contributed by atoms with Crippen LogP contribution in [0.2, 0.25) is 0 Å². The lowest BCUT2D eigenvalue weighted by molar-refractivity contribution is 0.995. The van der Waals surface area contributed by atoms with Crippen LogP contribution in [0.25, 0.3) is 5.65 Å². The highest BCUT2D eigenvalue weighted by atomic mass is 127. The second kappa shape index (κ2) is 2.84. The van der Waals surface area contributed by atoms with Crippen molar-refractivity contribution in [3.8, 4) is 0 Å². The van der Waals surface area contributed by atoms with Crippen LogP contribution in [-0.4, -0.2) is 14.4 Å². The van der Waals surface area contributed by atoms with Crippen LogP contribution in [-0.2, 0) is 0 Å². The molecule has 2 rings (SSSR count). The van der Waals surface area contributed by atoms with Gasteiger partial charge in [0.15, 0.2) is 5.65 Å². The predicted octanol–water partition coefficient (Wildman–Crippen LogP) is 1.39. The molecule has 0 radical (unpaired) electrons. The van der Waals surface area contributed by atoms with Crippen molar-refractivity contribution in [2.45, 2.75) is 0 Å². The summed E-state index contributed by atoms with van der Waals surface area (Å²) in [6, 6.07) is 0. The number of nitrogens with one attached hydrogen (secondary N) is 1. The van der Waals surface area contributed by atoms with Crippen molar-refractivity contribution in [1.82, 2.24) is 14.4 Å². The molecule has 62 valence electrons. The topological polar surface area (TPSA) is 50.2 Å². The highest BCUT2D eigenvalue weighted by Gasteiger charge is 2.04. The fraction of sp³-hybridized carbons (Fsp3) is 0. The van der Waals surface area contributed by atoms with E-state index in [2.05, 4.69) is 48.5 Å². The van der Waals surface area contributed by atoms with E-state index in [4.69, 9.17) is 0 Å². The Bertz CT molecular complexity index is 489. The number of imidazole rings is 1. The molecule has 0 saturated heterocycles. The Balaban J connectivity index is 3.03. The first-order valence-corrected chi connectivity index (χ1v) is 4.97. The van der Waals surface area contributed by atoms with E-state index in [1.54, 1.807) is 12.4 Å². The summed E-state index contributed by atoms with van der Waals surface area (Å²) in [5, 5.41) is 0. The SMILES string of the molecule is O=c1[nH]cc(Br)c2nc(I)cn12. The first-order chi connectivity index (χ1) is 5.68. The van der Waals surface area contributed by atoms with Crippen molar-refractivity contribution in [3.63, 3.8) is 0 Å². The molecular weight excluding hydrogens is 337 g/mol. The highest BCUT2D eigenvalue weighted by Crippen LogP contribution is 2.14. The Labute approximate surface area is 89.3 Å². The van der Waals surface area contributed by atoms with Gasteiger partial charge in [-0.1, -0.05) is 0 Å². The minimum Gasteiger partial charge on any atom is -0.313 e. The molecule has 2 aromatic rings. The van der Waals surface area contributed by atoms with Gasteiger partial charge in [0.1, 0.15) is 3.70 Å². The van der Waals surface area contributed by atoms with E-state index in [1.807, 2.05) is 0 Å². The maximum Gasteiger partial charge on any atom is 0.331 e. The Morgan fingerprint density at radius 3 is 3.08 bits per heavy atom. The Morgan fingerprint density at radius 1 is 1.67 bits per heavy atom. The zero-order valence-electron chi connectivity index (χ0n) is 5.71. The lowest BCUT2D eigenvalue weighted by Gasteiger charge is -1.92. The lowest BCUT2D eigenvalue weighted by Crippen LogP contribution is -2.14. The first-order valence-electron chi connectivity index (χ1n) is 3.10. The molecule has 12 heavy (non-hydrogen) atoms. The molecule has 6 heteroatoms. The second-order valence-electron chi connectivity index (χ2n) is 2.20. The molecule has 0 amide bonds. The van der Waals surface area contributed by atoms with Crippen molar-refractivity contribution < 1.29 is 0 Å². The van der Waals surface area contributed by atoms with E-state index in [0.717, 1.165) is 8.17 Å². The van der Waals surface area contributed by atoms with Gasteiger partial charge >= 0.3 is 5.69 Å². The van der Waals surface area contributed by atoms with Crippen molar-refractivity contribution in [3.05, 3.63) is 31.1 Å². The Morgan fingerprint density at radius 2 is 2.42 bits per heavy atom. The molecule has 0 aliphatic carbocycles. The highest BCUT2D eigenvalue weighted by molar-refractivity contribution is 14.1. The molecular formula is C6H3BrIN3O. The molecule has 0 aliphatic heterocycles. The minimum atomic E-state index is -0.177. The second-order valence-corrected chi connectivity index (χ2v) is 4.16. The van der Waals surface area contributed by atoms with Crippen LogP contribution in [0.4, 0.5) is 0 Å². The van der Waals surface area contributed by atoms with E-state index in [1.165, 1.54) is 4.40 Å². The third-order valence-electron chi connectivity index (χ3n) is 1.43. The van der Waals surface area contributed by atoms with E-state index < -0.39 is 0 Å². The number of H-pyrrole nitrogens is 1. The first kappa shape index (κ1) is 8.24. The minimum absolute atomic E-state index is 0.177. The third kappa shape index (κ3) is 1.18. The van der Waals surface area contributed by atoms with E-state index in [-0.39, 0.29) is 5.69 Å². The molecule has 0 atom stereocenters. The zero-order valence-corrected chi connectivity index (χ0v) is 9.46. The molecule has 0 fully saturated rings. The summed E-state index contributed by atoms with van der Waals surface area (Å²) >= 11 is 5.35. The summed E-state index contributed by atoms with van der Waals surface area (Å²) in [6.07, 6.45) is 3.26. The van der Waals surface area contributed by atoms with Gasteiger partial charge in [0.2, 0.25) is 0 Å². The van der Waals surface area contributed by atoms with Crippen LogP contribution in [0.3, 0.4) is 0 Å². The number of hydrogen-bond acceptors (Lipinski definition) is 2. The number of hydrogen-bond donors (Lipinski definition) is 1. The molecule has 2 heterocycles. The summed E-state index contributed by atoms with van der Waals surface area (Å²) in [5.74, 6) is 0. The van der Waals surface area contributed by atoms with Gasteiger partial charge in [-0.15, -0.1) is 0 Å². The summed E-state index contributed by atoms with van der Waals surface area (Å²) in [6.45, 7) is 0. The number of rotatable bonds is 0. The van der Waals surface area contributed by atoms with Crippen molar-refractivity contribution in [2.75, 3.05) is 0 Å². The van der Waals surface area contributed by atoms with Gasteiger partial charge in [-0.25, -0.2) is 14.2 Å². The number of aromatic nitrogens is 3. The average molecular weight is 340 g/mol. The van der Waals surface area contributed by atoms with Crippen LogP contribution < -0.4 is 5.69 Å². The normalized spacial score (nSPS) is 10.8. The molecule has 2 aromatic heterocycles. The quantitative estimate of drug-likeness (QED) is 0.737. The standard InChI is InChI=1S/C6H3BrIN3O/c7-3-1-9-6(12)11-2-4(8)10-5(3)11/h1-2H,(H,9,12). The van der Waals surface area contributed by atoms with Crippen molar-refractivity contribution >= 4 is 44.2 Å². The van der Waals surface area contributed by atoms with Crippen LogP contribution in [0.5, 0.6) is 0 Å².